The zero-order valence-electron chi connectivity index (χ0n) is 13.1. The van der Waals surface area contributed by atoms with Gasteiger partial charge in [0.25, 0.3) is 0 Å². The molecule has 0 saturated carbocycles. The summed E-state index contributed by atoms with van der Waals surface area (Å²) in [6, 6.07) is 5.95. The molecule has 5 heteroatoms. The first-order chi connectivity index (χ1) is 10.6. The minimum atomic E-state index is 0.449. The molecule has 0 N–H and O–H groups in total. The number of anilines is 1. The lowest BCUT2D eigenvalue weighted by Gasteiger charge is -2.41. The summed E-state index contributed by atoms with van der Waals surface area (Å²) in [7, 11) is 1.65. The van der Waals surface area contributed by atoms with Crippen molar-refractivity contribution in [3.63, 3.8) is 0 Å². The molecular formula is C17H20ClN3O. The summed E-state index contributed by atoms with van der Waals surface area (Å²) in [5.74, 6) is 1.71. The lowest BCUT2D eigenvalue weighted by Crippen LogP contribution is -2.46. The van der Waals surface area contributed by atoms with E-state index in [0.717, 1.165) is 24.5 Å². The van der Waals surface area contributed by atoms with Crippen LogP contribution in [0.2, 0.25) is 5.15 Å². The molecule has 0 spiro atoms. The molecule has 0 unspecified atom stereocenters. The molecule has 0 bridgehead atoms. The molecule has 1 fully saturated rings. The summed E-state index contributed by atoms with van der Waals surface area (Å²) in [6.07, 6.45) is 3.66. The van der Waals surface area contributed by atoms with E-state index < -0.39 is 0 Å². The average molecular weight is 318 g/mol. The third-order valence-corrected chi connectivity index (χ3v) is 4.34. The van der Waals surface area contributed by atoms with Crippen LogP contribution in [-0.2, 0) is 0 Å². The SMILES string of the molecule is COc1cc(Cl)ncc1N1CC(c2ncccc2C(C)C)C1. The Balaban J connectivity index is 1.78. The van der Waals surface area contributed by atoms with Gasteiger partial charge in [-0.15, -0.1) is 0 Å². The van der Waals surface area contributed by atoms with Crippen LogP contribution in [0.5, 0.6) is 5.75 Å². The molecule has 0 radical (unpaired) electrons. The Morgan fingerprint density at radius 3 is 2.77 bits per heavy atom. The molecule has 3 rings (SSSR count). The Morgan fingerprint density at radius 2 is 2.09 bits per heavy atom. The summed E-state index contributed by atoms with van der Waals surface area (Å²) in [5.41, 5.74) is 3.55. The van der Waals surface area contributed by atoms with Gasteiger partial charge in [0, 0.05) is 31.3 Å². The van der Waals surface area contributed by atoms with Crippen molar-refractivity contribution in [2.45, 2.75) is 25.7 Å². The second-order valence-corrected chi connectivity index (χ2v) is 6.30. The van der Waals surface area contributed by atoms with Crippen LogP contribution in [0.1, 0.15) is 36.9 Å². The van der Waals surface area contributed by atoms with E-state index in [2.05, 4.69) is 34.8 Å². The second kappa shape index (κ2) is 6.13. The van der Waals surface area contributed by atoms with Crippen LogP contribution in [0.15, 0.2) is 30.6 Å². The monoisotopic (exact) mass is 317 g/mol. The molecule has 22 heavy (non-hydrogen) atoms. The number of hydrogen-bond donors (Lipinski definition) is 0. The van der Waals surface area contributed by atoms with Crippen LogP contribution in [0, 0.1) is 0 Å². The summed E-state index contributed by atoms with van der Waals surface area (Å²) >= 11 is 5.92. The molecule has 0 aliphatic carbocycles. The molecule has 0 amide bonds. The predicted octanol–water partition coefficient (Wildman–Crippen LogP) is 3.87. The Bertz CT molecular complexity index is 669. The highest BCUT2D eigenvalue weighted by Crippen LogP contribution is 2.38. The van der Waals surface area contributed by atoms with Crippen molar-refractivity contribution in [1.82, 2.24) is 9.97 Å². The Hall–Kier alpha value is -1.81. The standard InChI is InChI=1S/C17H20ClN3O/c1-11(2)13-5-4-6-19-17(13)12-9-21(10-12)14-8-20-16(18)7-15(14)22-3/h4-8,11-12H,9-10H2,1-3H3. The minimum absolute atomic E-state index is 0.449. The van der Waals surface area contributed by atoms with Crippen LogP contribution in [0.25, 0.3) is 0 Å². The van der Waals surface area contributed by atoms with Gasteiger partial charge >= 0.3 is 0 Å². The van der Waals surface area contributed by atoms with Gasteiger partial charge in [0.15, 0.2) is 0 Å². The van der Waals surface area contributed by atoms with Crippen LogP contribution in [-0.4, -0.2) is 30.2 Å². The highest BCUT2D eigenvalue weighted by atomic mass is 35.5. The number of methoxy groups -OCH3 is 1. The fourth-order valence-corrected chi connectivity index (χ4v) is 3.06. The molecule has 1 aliphatic heterocycles. The third-order valence-electron chi connectivity index (χ3n) is 4.13. The lowest BCUT2D eigenvalue weighted by molar-refractivity contribution is 0.407. The number of pyridine rings is 2. The van der Waals surface area contributed by atoms with Gasteiger partial charge in [-0.2, -0.15) is 0 Å². The fourth-order valence-electron chi connectivity index (χ4n) is 2.91. The topological polar surface area (TPSA) is 38.2 Å². The Kier molecular flexibility index (Phi) is 4.21. The molecule has 0 aromatic carbocycles. The molecule has 116 valence electrons. The lowest BCUT2D eigenvalue weighted by atomic mass is 9.88. The number of rotatable bonds is 4. The smallest absolute Gasteiger partial charge is 0.146 e. The largest absolute Gasteiger partial charge is 0.494 e. The number of nitrogens with zero attached hydrogens (tertiary/aromatic N) is 3. The molecular weight excluding hydrogens is 298 g/mol. The van der Waals surface area contributed by atoms with Crippen molar-refractivity contribution in [3.05, 3.63) is 47.0 Å². The molecule has 1 saturated heterocycles. The van der Waals surface area contributed by atoms with E-state index in [-0.39, 0.29) is 0 Å². The van der Waals surface area contributed by atoms with E-state index in [1.807, 2.05) is 12.3 Å². The van der Waals surface area contributed by atoms with E-state index in [1.54, 1.807) is 19.4 Å². The van der Waals surface area contributed by atoms with E-state index in [1.165, 1.54) is 11.3 Å². The normalized spacial score (nSPS) is 15.0. The summed E-state index contributed by atoms with van der Waals surface area (Å²) < 4.78 is 5.40. The Morgan fingerprint density at radius 1 is 1.32 bits per heavy atom. The maximum absolute atomic E-state index is 5.92. The predicted molar refractivity (Wildman–Crippen MR) is 89.1 cm³/mol. The Labute approximate surface area is 136 Å². The highest BCUT2D eigenvalue weighted by molar-refractivity contribution is 6.29. The zero-order valence-corrected chi connectivity index (χ0v) is 13.8. The van der Waals surface area contributed by atoms with Gasteiger partial charge in [0.05, 0.1) is 24.7 Å². The number of halogens is 1. The first kappa shape index (κ1) is 15.1. The summed E-state index contributed by atoms with van der Waals surface area (Å²) in [4.78, 5) is 11.0. The maximum atomic E-state index is 5.92. The number of aromatic nitrogens is 2. The van der Waals surface area contributed by atoms with Gasteiger partial charge in [-0.3, -0.25) is 4.98 Å². The van der Waals surface area contributed by atoms with Crippen molar-refractivity contribution in [2.75, 3.05) is 25.1 Å². The van der Waals surface area contributed by atoms with Crippen molar-refractivity contribution in [1.29, 1.82) is 0 Å². The van der Waals surface area contributed by atoms with E-state index in [0.29, 0.717) is 17.0 Å². The minimum Gasteiger partial charge on any atom is -0.494 e. The fraction of sp³-hybridized carbons (Fsp3) is 0.412. The quantitative estimate of drug-likeness (QED) is 0.802. The van der Waals surface area contributed by atoms with Gasteiger partial charge in [0.2, 0.25) is 0 Å². The van der Waals surface area contributed by atoms with Crippen LogP contribution in [0.4, 0.5) is 5.69 Å². The molecule has 2 aromatic heterocycles. The first-order valence-corrected chi connectivity index (χ1v) is 7.87. The van der Waals surface area contributed by atoms with Gasteiger partial charge in [-0.05, 0) is 17.5 Å². The molecule has 4 nitrogen and oxygen atoms in total. The van der Waals surface area contributed by atoms with Crippen LogP contribution in [0.3, 0.4) is 0 Å². The second-order valence-electron chi connectivity index (χ2n) is 5.91. The van der Waals surface area contributed by atoms with Crippen molar-refractivity contribution in [2.24, 2.45) is 0 Å². The number of hydrogen-bond acceptors (Lipinski definition) is 4. The summed E-state index contributed by atoms with van der Waals surface area (Å²) in [6.45, 7) is 6.28. The van der Waals surface area contributed by atoms with E-state index >= 15 is 0 Å². The summed E-state index contributed by atoms with van der Waals surface area (Å²) in [5, 5.41) is 0.449. The number of ether oxygens (including phenoxy) is 1. The molecule has 1 aliphatic rings. The highest BCUT2D eigenvalue weighted by Gasteiger charge is 2.33. The van der Waals surface area contributed by atoms with Gasteiger partial charge in [0.1, 0.15) is 10.9 Å². The molecule has 3 heterocycles. The van der Waals surface area contributed by atoms with Crippen molar-refractivity contribution in [3.8, 4) is 5.75 Å². The first-order valence-electron chi connectivity index (χ1n) is 7.49. The molecule has 0 atom stereocenters. The maximum Gasteiger partial charge on any atom is 0.146 e. The third kappa shape index (κ3) is 2.75. The zero-order chi connectivity index (χ0) is 15.7. The van der Waals surface area contributed by atoms with E-state index in [4.69, 9.17) is 16.3 Å². The van der Waals surface area contributed by atoms with Gasteiger partial charge in [-0.25, -0.2) is 4.98 Å². The van der Waals surface area contributed by atoms with Crippen molar-refractivity contribution < 1.29 is 4.74 Å². The van der Waals surface area contributed by atoms with Crippen LogP contribution < -0.4 is 9.64 Å². The van der Waals surface area contributed by atoms with Crippen LogP contribution >= 0.6 is 11.6 Å². The van der Waals surface area contributed by atoms with E-state index in [9.17, 15) is 0 Å². The molecule has 2 aromatic rings. The average Bonchev–Trinajstić information content (AvgIpc) is 2.47. The van der Waals surface area contributed by atoms with Crippen molar-refractivity contribution >= 4 is 17.3 Å². The van der Waals surface area contributed by atoms with Gasteiger partial charge < -0.3 is 9.64 Å². The van der Waals surface area contributed by atoms with Gasteiger partial charge in [-0.1, -0.05) is 31.5 Å².